The minimum Gasteiger partial charge on any atom is -0.315 e. The fourth-order valence-electron chi connectivity index (χ4n) is 3.97. The van der Waals surface area contributed by atoms with E-state index in [1.54, 1.807) is 17.5 Å². The topological polar surface area (TPSA) is 90.3 Å². The lowest BCUT2D eigenvalue weighted by Gasteiger charge is -2.22. The van der Waals surface area contributed by atoms with Gasteiger partial charge in [-0.1, -0.05) is 13.0 Å². The third-order valence-electron chi connectivity index (χ3n) is 5.42. The maximum Gasteiger partial charge on any atom is 0.253 e. The lowest BCUT2D eigenvalue weighted by molar-refractivity contribution is -0.119. The van der Waals surface area contributed by atoms with Crippen LogP contribution < -0.4 is 5.32 Å². The molecule has 6 nitrogen and oxygen atoms in total. The average molecular weight is 436 g/mol. The van der Waals surface area contributed by atoms with E-state index in [0.29, 0.717) is 35.9 Å². The molecule has 1 amide bonds. The van der Waals surface area contributed by atoms with E-state index < -0.39 is 16.1 Å². The molecular formula is C19H21N3O3S3. The number of carbonyl (C=O) groups is 1. The summed E-state index contributed by atoms with van der Waals surface area (Å²) in [6.45, 7) is 2.53. The van der Waals surface area contributed by atoms with Crippen molar-refractivity contribution in [2.24, 2.45) is 5.92 Å². The van der Waals surface area contributed by atoms with Gasteiger partial charge in [-0.3, -0.25) is 4.79 Å². The molecule has 0 spiro atoms. The minimum absolute atomic E-state index is 0.255. The number of nitrogens with one attached hydrogen (secondary N) is 1. The zero-order chi connectivity index (χ0) is 19.9. The van der Waals surface area contributed by atoms with E-state index in [4.69, 9.17) is 0 Å². The monoisotopic (exact) mass is 435 g/mol. The molecule has 3 heterocycles. The van der Waals surface area contributed by atoms with E-state index in [0.717, 1.165) is 36.2 Å². The zero-order valence-corrected chi connectivity index (χ0v) is 17.9. The van der Waals surface area contributed by atoms with E-state index in [1.807, 2.05) is 0 Å². The zero-order valence-electron chi connectivity index (χ0n) is 15.5. The SMILES string of the molecule is CC1CCc2c(sc(NC(=O)C3CCCN3S(=O)(=O)c3cccs3)c2C#N)C1. The molecule has 2 atom stereocenters. The number of anilines is 1. The molecule has 28 heavy (non-hydrogen) atoms. The lowest BCUT2D eigenvalue weighted by Crippen LogP contribution is -2.42. The number of hydrogen-bond donors (Lipinski definition) is 1. The number of nitrogens with zero attached hydrogens (tertiary/aromatic N) is 2. The Hall–Kier alpha value is -1.73. The molecule has 2 aromatic heterocycles. The van der Waals surface area contributed by atoms with E-state index in [-0.39, 0.29) is 10.1 Å². The van der Waals surface area contributed by atoms with Crippen LogP contribution in [0.2, 0.25) is 0 Å². The van der Waals surface area contributed by atoms with Crippen molar-refractivity contribution in [1.29, 1.82) is 5.26 Å². The van der Waals surface area contributed by atoms with Gasteiger partial charge in [0, 0.05) is 11.4 Å². The van der Waals surface area contributed by atoms with Crippen LogP contribution in [0.3, 0.4) is 0 Å². The van der Waals surface area contributed by atoms with Gasteiger partial charge in [-0.05, 0) is 55.0 Å². The number of nitriles is 1. The Kier molecular flexibility index (Phi) is 5.31. The predicted molar refractivity (Wildman–Crippen MR) is 110 cm³/mol. The second-order valence-electron chi connectivity index (χ2n) is 7.36. The van der Waals surface area contributed by atoms with Crippen molar-refractivity contribution in [1.82, 2.24) is 4.31 Å². The molecule has 1 fully saturated rings. The summed E-state index contributed by atoms with van der Waals surface area (Å²) in [5, 5.41) is 14.8. The lowest BCUT2D eigenvalue weighted by atomic mass is 9.88. The van der Waals surface area contributed by atoms with Crippen molar-refractivity contribution < 1.29 is 13.2 Å². The van der Waals surface area contributed by atoms with Crippen molar-refractivity contribution in [2.75, 3.05) is 11.9 Å². The van der Waals surface area contributed by atoms with E-state index in [2.05, 4.69) is 18.3 Å². The Morgan fingerprint density at radius 3 is 2.93 bits per heavy atom. The van der Waals surface area contributed by atoms with Gasteiger partial charge < -0.3 is 5.32 Å². The van der Waals surface area contributed by atoms with Gasteiger partial charge in [0.05, 0.1) is 5.56 Å². The Morgan fingerprint density at radius 2 is 2.21 bits per heavy atom. The van der Waals surface area contributed by atoms with Crippen molar-refractivity contribution in [2.45, 2.75) is 49.3 Å². The number of hydrogen-bond acceptors (Lipinski definition) is 6. The molecule has 4 rings (SSSR count). The third-order valence-corrected chi connectivity index (χ3v) is 9.88. The Morgan fingerprint density at radius 1 is 1.39 bits per heavy atom. The summed E-state index contributed by atoms with van der Waals surface area (Å²) in [5.74, 6) is 0.225. The fraction of sp³-hybridized carbons (Fsp3) is 0.474. The highest BCUT2D eigenvalue weighted by molar-refractivity contribution is 7.91. The van der Waals surface area contributed by atoms with E-state index >= 15 is 0 Å². The number of amides is 1. The first-order valence-electron chi connectivity index (χ1n) is 9.32. The maximum atomic E-state index is 13.0. The van der Waals surface area contributed by atoms with Crippen molar-refractivity contribution in [3.63, 3.8) is 0 Å². The summed E-state index contributed by atoms with van der Waals surface area (Å²) in [6, 6.07) is 4.76. The average Bonchev–Trinajstić information content (AvgIpc) is 3.40. The van der Waals surface area contributed by atoms with Crippen molar-refractivity contribution >= 4 is 43.6 Å². The van der Waals surface area contributed by atoms with Crippen LogP contribution in [0.1, 0.15) is 42.2 Å². The van der Waals surface area contributed by atoms with Crippen LogP contribution in [0, 0.1) is 17.2 Å². The fourth-order valence-corrected chi connectivity index (χ4v) is 8.11. The van der Waals surface area contributed by atoms with Crippen LogP contribution in [0.4, 0.5) is 5.00 Å². The molecule has 9 heteroatoms. The molecule has 2 aromatic rings. The molecular weight excluding hydrogens is 414 g/mol. The summed E-state index contributed by atoms with van der Waals surface area (Å²) in [4.78, 5) is 14.1. The number of fused-ring (bicyclic) bond motifs is 1. The minimum atomic E-state index is -3.68. The quantitative estimate of drug-likeness (QED) is 0.794. The van der Waals surface area contributed by atoms with Gasteiger partial charge in [0.2, 0.25) is 5.91 Å². The highest BCUT2D eigenvalue weighted by Gasteiger charge is 2.40. The summed E-state index contributed by atoms with van der Waals surface area (Å²) in [6.07, 6.45) is 3.95. The molecule has 0 radical (unpaired) electrons. The molecule has 0 bridgehead atoms. The van der Waals surface area contributed by atoms with Crippen LogP contribution in [-0.2, 0) is 27.7 Å². The number of carbonyl (C=O) groups excluding carboxylic acids is 1. The van der Waals surface area contributed by atoms with Crippen molar-refractivity contribution in [3.05, 3.63) is 33.5 Å². The Bertz CT molecular complexity index is 1030. The predicted octanol–water partition coefficient (Wildman–Crippen LogP) is 3.60. The van der Waals surface area contributed by atoms with E-state index in [1.165, 1.54) is 20.5 Å². The molecule has 1 saturated heterocycles. The molecule has 2 aliphatic rings. The highest BCUT2D eigenvalue weighted by atomic mass is 32.2. The van der Waals surface area contributed by atoms with Crippen LogP contribution in [0.5, 0.6) is 0 Å². The van der Waals surface area contributed by atoms with Gasteiger partial charge >= 0.3 is 0 Å². The van der Waals surface area contributed by atoms with Gasteiger partial charge in [-0.15, -0.1) is 22.7 Å². The van der Waals surface area contributed by atoms with Crippen LogP contribution in [0.25, 0.3) is 0 Å². The molecule has 1 N–H and O–H groups in total. The van der Waals surface area contributed by atoms with Crippen molar-refractivity contribution in [3.8, 4) is 6.07 Å². The van der Waals surface area contributed by atoms with E-state index in [9.17, 15) is 18.5 Å². The van der Waals surface area contributed by atoms with Gasteiger partial charge in [-0.2, -0.15) is 9.57 Å². The summed E-state index contributed by atoms with van der Waals surface area (Å²) in [5.41, 5.74) is 1.60. The molecule has 0 aromatic carbocycles. The second kappa shape index (κ2) is 7.59. The number of thiophene rings is 2. The first-order valence-corrected chi connectivity index (χ1v) is 12.5. The molecule has 1 aliphatic carbocycles. The summed E-state index contributed by atoms with van der Waals surface area (Å²) < 4.78 is 27.3. The molecule has 1 aliphatic heterocycles. The Balaban J connectivity index is 1.58. The molecule has 148 valence electrons. The first-order chi connectivity index (χ1) is 13.4. The van der Waals surface area contributed by atoms with Crippen LogP contribution in [0.15, 0.2) is 21.7 Å². The summed E-state index contributed by atoms with van der Waals surface area (Å²) >= 11 is 2.62. The van der Waals surface area contributed by atoms with Crippen LogP contribution in [-0.4, -0.2) is 31.2 Å². The third kappa shape index (κ3) is 3.39. The number of sulfonamides is 1. The first kappa shape index (κ1) is 19.6. The normalized spacial score (nSPS) is 22.6. The Labute approximate surface area is 172 Å². The standard InChI is InChI=1S/C19H21N3O3S3/c1-12-6-7-13-14(11-20)19(27-16(13)10-12)21-18(23)15-4-2-8-22(15)28(24,25)17-5-3-9-26-17/h3,5,9,12,15H,2,4,6-8,10H2,1H3,(H,21,23). The molecule has 2 unspecified atom stereocenters. The molecule has 0 saturated carbocycles. The number of rotatable bonds is 4. The van der Waals surface area contributed by atoms with Gasteiger partial charge in [0.1, 0.15) is 21.3 Å². The maximum absolute atomic E-state index is 13.0. The summed E-state index contributed by atoms with van der Waals surface area (Å²) in [7, 11) is -3.68. The smallest absolute Gasteiger partial charge is 0.253 e. The van der Waals surface area contributed by atoms with Gasteiger partial charge in [0.15, 0.2) is 0 Å². The largest absolute Gasteiger partial charge is 0.315 e. The second-order valence-corrected chi connectivity index (χ2v) is 11.5. The highest BCUT2D eigenvalue weighted by Crippen LogP contribution is 2.39. The van der Waals surface area contributed by atoms with Gasteiger partial charge in [0.25, 0.3) is 10.0 Å². The van der Waals surface area contributed by atoms with Gasteiger partial charge in [-0.25, -0.2) is 8.42 Å². The van der Waals surface area contributed by atoms with Crippen LogP contribution >= 0.6 is 22.7 Å².